The predicted octanol–water partition coefficient (Wildman–Crippen LogP) is 5.46. The Morgan fingerprint density at radius 1 is 0.969 bits per heavy atom. The van der Waals surface area contributed by atoms with E-state index in [-0.39, 0.29) is 17.7 Å². The topological polar surface area (TPSA) is 87.4 Å². The number of nitrogens with zero attached hydrogens (tertiary/aromatic N) is 2. The lowest BCUT2D eigenvalue weighted by molar-refractivity contribution is -0.140. The predicted molar refractivity (Wildman–Crippen MR) is 120 cm³/mol. The Morgan fingerprint density at radius 2 is 1.72 bits per heavy atom. The number of likely N-dealkylation sites (N-methyl/N-ethyl adjacent to an activating group) is 1. The number of amides is 2. The molecule has 6 nitrogen and oxygen atoms in total. The maximum atomic E-state index is 12.8. The quantitative estimate of drug-likeness (QED) is 0.323. The molecule has 0 spiro atoms. The molecule has 0 fully saturated rings. The third-order valence-corrected chi connectivity index (χ3v) is 5.69. The van der Waals surface area contributed by atoms with Gasteiger partial charge in [-0.3, -0.25) is 14.5 Å². The SMILES string of the molecule is CCN1C(=O)C(C#N)=C(C)/C(=C/c2cc3oc(-c4ccc5ccccc5c4)cc3o2)C1=O. The summed E-state index contributed by atoms with van der Waals surface area (Å²) in [5, 5.41) is 11.6. The smallest absolute Gasteiger partial charge is 0.271 e. The molecule has 2 amide bonds. The maximum Gasteiger partial charge on any atom is 0.271 e. The number of rotatable bonds is 3. The maximum absolute atomic E-state index is 12.8. The van der Waals surface area contributed by atoms with Crippen LogP contribution in [0.5, 0.6) is 0 Å². The third-order valence-electron chi connectivity index (χ3n) is 5.69. The zero-order chi connectivity index (χ0) is 22.4. The molecule has 4 aromatic rings. The second-order valence-corrected chi connectivity index (χ2v) is 7.57. The van der Waals surface area contributed by atoms with Crippen molar-refractivity contribution in [3.63, 3.8) is 0 Å². The lowest BCUT2D eigenvalue weighted by Crippen LogP contribution is -2.42. The summed E-state index contributed by atoms with van der Waals surface area (Å²) in [7, 11) is 0. The Balaban J connectivity index is 1.53. The van der Waals surface area contributed by atoms with Gasteiger partial charge in [0.15, 0.2) is 11.2 Å². The molecule has 5 rings (SSSR count). The average Bonchev–Trinajstić information content (AvgIpc) is 3.36. The monoisotopic (exact) mass is 422 g/mol. The highest BCUT2D eigenvalue weighted by atomic mass is 16.4. The van der Waals surface area contributed by atoms with Crippen molar-refractivity contribution in [2.45, 2.75) is 13.8 Å². The van der Waals surface area contributed by atoms with Crippen LogP contribution in [0.1, 0.15) is 19.6 Å². The first-order chi connectivity index (χ1) is 15.5. The van der Waals surface area contributed by atoms with E-state index in [0.29, 0.717) is 28.3 Å². The van der Waals surface area contributed by atoms with Crippen molar-refractivity contribution in [3.05, 3.63) is 77.1 Å². The van der Waals surface area contributed by atoms with Gasteiger partial charge in [0.25, 0.3) is 11.8 Å². The number of benzene rings is 2. The fraction of sp³-hybridized carbons (Fsp3) is 0.115. The first-order valence-electron chi connectivity index (χ1n) is 10.2. The summed E-state index contributed by atoms with van der Waals surface area (Å²) >= 11 is 0. The van der Waals surface area contributed by atoms with Crippen molar-refractivity contribution in [2.75, 3.05) is 6.54 Å². The van der Waals surface area contributed by atoms with Crippen LogP contribution >= 0.6 is 0 Å². The summed E-state index contributed by atoms with van der Waals surface area (Å²) in [6.07, 6.45) is 1.55. The van der Waals surface area contributed by atoms with Gasteiger partial charge in [0.05, 0.1) is 0 Å². The fourth-order valence-electron chi connectivity index (χ4n) is 3.97. The lowest BCUT2D eigenvalue weighted by Gasteiger charge is -2.25. The number of carbonyl (C=O) groups excluding carboxylic acids is 2. The standard InChI is InChI=1S/C26H18N2O4/c1-3-28-25(29)20(15(2)21(14-27)26(28)30)11-19-12-23-24(31-19)13-22(32-23)18-9-8-16-6-4-5-7-17(16)10-18/h4-13H,3H2,1-2H3/b20-11-. The van der Waals surface area contributed by atoms with Gasteiger partial charge in [-0.15, -0.1) is 0 Å². The molecule has 0 saturated carbocycles. The molecule has 6 heteroatoms. The van der Waals surface area contributed by atoms with Crippen LogP contribution in [0.4, 0.5) is 0 Å². The molecule has 156 valence electrons. The third kappa shape index (κ3) is 3.03. The summed E-state index contributed by atoms with van der Waals surface area (Å²) in [6, 6.07) is 19.6. The van der Waals surface area contributed by atoms with Crippen molar-refractivity contribution < 1.29 is 18.4 Å². The van der Waals surface area contributed by atoms with E-state index in [1.807, 2.05) is 42.5 Å². The molecule has 32 heavy (non-hydrogen) atoms. The van der Waals surface area contributed by atoms with Gasteiger partial charge < -0.3 is 8.83 Å². The molecule has 0 aliphatic carbocycles. The average molecular weight is 422 g/mol. The molecule has 2 aromatic heterocycles. The number of fused-ring (bicyclic) bond motifs is 2. The molecule has 3 heterocycles. The Labute approximate surface area is 183 Å². The van der Waals surface area contributed by atoms with E-state index in [2.05, 4.69) is 12.1 Å². The molecule has 0 radical (unpaired) electrons. The van der Waals surface area contributed by atoms with Crippen LogP contribution < -0.4 is 0 Å². The van der Waals surface area contributed by atoms with Crippen LogP contribution in [0.2, 0.25) is 0 Å². The zero-order valence-corrected chi connectivity index (χ0v) is 17.5. The molecular weight excluding hydrogens is 404 g/mol. The molecule has 0 atom stereocenters. The minimum absolute atomic E-state index is 0.0356. The fourth-order valence-corrected chi connectivity index (χ4v) is 3.97. The van der Waals surface area contributed by atoms with Crippen LogP contribution in [0.25, 0.3) is 39.3 Å². The van der Waals surface area contributed by atoms with E-state index in [9.17, 15) is 14.9 Å². The summed E-state index contributed by atoms with van der Waals surface area (Å²) in [6.45, 7) is 3.47. The highest BCUT2D eigenvalue weighted by Crippen LogP contribution is 2.33. The van der Waals surface area contributed by atoms with Crippen molar-refractivity contribution in [2.24, 2.45) is 0 Å². The van der Waals surface area contributed by atoms with E-state index in [1.54, 1.807) is 26.0 Å². The minimum atomic E-state index is -0.567. The number of hydrogen-bond donors (Lipinski definition) is 0. The van der Waals surface area contributed by atoms with Gasteiger partial charge in [0.1, 0.15) is 23.2 Å². The summed E-state index contributed by atoms with van der Waals surface area (Å²) in [5.74, 6) is 0.0824. The van der Waals surface area contributed by atoms with E-state index < -0.39 is 11.8 Å². The zero-order valence-electron chi connectivity index (χ0n) is 17.5. The Kier molecular flexibility index (Phi) is 4.53. The van der Waals surface area contributed by atoms with Gasteiger partial charge in [-0.05, 0) is 42.3 Å². The molecule has 0 N–H and O–H groups in total. The van der Waals surface area contributed by atoms with E-state index in [4.69, 9.17) is 8.83 Å². The minimum Gasteiger partial charge on any atom is -0.453 e. The van der Waals surface area contributed by atoms with Gasteiger partial charge in [-0.2, -0.15) is 5.26 Å². The Morgan fingerprint density at radius 3 is 2.44 bits per heavy atom. The molecular formula is C26H18N2O4. The van der Waals surface area contributed by atoms with Gasteiger partial charge >= 0.3 is 0 Å². The molecule has 0 saturated heterocycles. The second-order valence-electron chi connectivity index (χ2n) is 7.57. The molecule has 1 aliphatic heterocycles. The number of furan rings is 2. The molecule has 1 aliphatic rings. The second kappa shape index (κ2) is 7.40. The van der Waals surface area contributed by atoms with Gasteiger partial charge in [0.2, 0.25) is 0 Å². The number of hydrogen-bond acceptors (Lipinski definition) is 5. The van der Waals surface area contributed by atoms with Crippen molar-refractivity contribution in [3.8, 4) is 17.4 Å². The van der Waals surface area contributed by atoms with Crippen LogP contribution in [0, 0.1) is 11.3 Å². The molecule has 2 aromatic carbocycles. The summed E-state index contributed by atoms with van der Waals surface area (Å²) in [5.41, 5.74) is 2.60. The number of carbonyl (C=O) groups is 2. The van der Waals surface area contributed by atoms with E-state index in [0.717, 1.165) is 21.2 Å². The van der Waals surface area contributed by atoms with Crippen molar-refractivity contribution in [1.29, 1.82) is 5.26 Å². The molecule has 0 bridgehead atoms. The Hall–Kier alpha value is -4.37. The largest absolute Gasteiger partial charge is 0.453 e. The highest BCUT2D eigenvalue weighted by molar-refractivity contribution is 6.19. The van der Waals surface area contributed by atoms with Gasteiger partial charge in [-0.25, -0.2) is 0 Å². The van der Waals surface area contributed by atoms with Crippen LogP contribution in [0.15, 0.2) is 80.2 Å². The Bertz CT molecular complexity index is 1490. The van der Waals surface area contributed by atoms with Gasteiger partial charge in [-0.1, -0.05) is 36.4 Å². The van der Waals surface area contributed by atoms with Crippen LogP contribution in [-0.2, 0) is 9.59 Å². The number of nitriles is 1. The first-order valence-corrected chi connectivity index (χ1v) is 10.2. The van der Waals surface area contributed by atoms with Crippen molar-refractivity contribution in [1.82, 2.24) is 4.90 Å². The summed E-state index contributed by atoms with van der Waals surface area (Å²) < 4.78 is 11.9. The summed E-state index contributed by atoms with van der Waals surface area (Å²) in [4.78, 5) is 26.1. The lowest BCUT2D eigenvalue weighted by atomic mass is 9.95. The highest BCUT2D eigenvalue weighted by Gasteiger charge is 2.34. The van der Waals surface area contributed by atoms with Crippen LogP contribution in [-0.4, -0.2) is 23.3 Å². The first kappa shape index (κ1) is 19.6. The number of imide groups is 1. The van der Waals surface area contributed by atoms with Crippen LogP contribution in [0.3, 0.4) is 0 Å². The van der Waals surface area contributed by atoms with E-state index >= 15 is 0 Å². The van der Waals surface area contributed by atoms with Gasteiger partial charge in [0, 0.05) is 29.8 Å². The van der Waals surface area contributed by atoms with E-state index in [1.165, 1.54) is 0 Å². The normalized spacial score (nSPS) is 15.9. The van der Waals surface area contributed by atoms with Crippen molar-refractivity contribution >= 4 is 39.8 Å². The molecule has 0 unspecified atom stereocenters.